The second kappa shape index (κ2) is 5.13. The van der Waals surface area contributed by atoms with Gasteiger partial charge in [-0.25, -0.2) is 18.4 Å². The van der Waals surface area contributed by atoms with Crippen molar-refractivity contribution in [3.63, 3.8) is 0 Å². The summed E-state index contributed by atoms with van der Waals surface area (Å²) in [4.78, 5) is 14.6. The Hall–Kier alpha value is -2.31. The molecule has 0 saturated carbocycles. The Kier molecular flexibility index (Phi) is 3.55. The molecule has 0 bridgehead atoms. The predicted molar refractivity (Wildman–Crippen MR) is 62.3 cm³/mol. The number of carbonyl (C=O) groups is 1. The summed E-state index contributed by atoms with van der Waals surface area (Å²) in [6.07, 6.45) is 0.0714. The first kappa shape index (κ1) is 13.1. The van der Waals surface area contributed by atoms with Gasteiger partial charge in [0.2, 0.25) is 0 Å². The summed E-state index contributed by atoms with van der Waals surface area (Å²) >= 11 is 0. The Labute approximate surface area is 107 Å². The maximum absolute atomic E-state index is 13.1. The van der Waals surface area contributed by atoms with Crippen molar-refractivity contribution in [2.24, 2.45) is 7.05 Å². The van der Waals surface area contributed by atoms with Gasteiger partial charge in [0.15, 0.2) is 11.6 Å². The summed E-state index contributed by atoms with van der Waals surface area (Å²) in [6, 6.07) is 3.06. The number of aryl methyl sites for hydroxylation is 2. The molecule has 0 saturated heterocycles. The van der Waals surface area contributed by atoms with Crippen molar-refractivity contribution in [2.75, 3.05) is 0 Å². The van der Waals surface area contributed by atoms with Crippen LogP contribution in [0.3, 0.4) is 0 Å². The molecule has 0 aliphatic rings. The van der Waals surface area contributed by atoms with Crippen LogP contribution in [0.1, 0.15) is 12.2 Å². The fraction of sp³-hybridized carbons (Fsp3) is 0.250. The molecule has 0 aliphatic carbocycles. The van der Waals surface area contributed by atoms with Gasteiger partial charge in [0.1, 0.15) is 11.6 Å². The lowest BCUT2D eigenvalue weighted by Crippen LogP contribution is -1.99. The molecule has 0 fully saturated rings. The molecule has 0 spiro atoms. The third kappa shape index (κ3) is 3.12. The van der Waals surface area contributed by atoms with Crippen molar-refractivity contribution < 1.29 is 18.7 Å². The van der Waals surface area contributed by atoms with Crippen LogP contribution in [0, 0.1) is 11.6 Å². The minimum absolute atomic E-state index is 0.0963. The number of halogens is 2. The molecule has 1 aromatic heterocycles. The second-order valence-electron chi connectivity index (χ2n) is 4.03. The monoisotopic (exact) mass is 267 g/mol. The van der Waals surface area contributed by atoms with E-state index >= 15 is 0 Å². The average molecular weight is 267 g/mol. The highest BCUT2D eigenvalue weighted by Crippen LogP contribution is 2.19. The summed E-state index contributed by atoms with van der Waals surface area (Å²) in [5.74, 6) is -1.75. The molecule has 1 N–H and O–H groups in total. The molecular formula is C12H11F2N3O2. The normalized spacial score (nSPS) is 10.7. The van der Waals surface area contributed by atoms with E-state index < -0.39 is 17.6 Å². The summed E-state index contributed by atoms with van der Waals surface area (Å²) in [5, 5.41) is 12.6. The van der Waals surface area contributed by atoms with Gasteiger partial charge in [0.05, 0.1) is 6.42 Å². The average Bonchev–Trinajstić information content (AvgIpc) is 2.66. The zero-order valence-electron chi connectivity index (χ0n) is 10.1. The van der Waals surface area contributed by atoms with Gasteiger partial charge in [-0.2, -0.15) is 5.10 Å². The van der Waals surface area contributed by atoms with Crippen LogP contribution in [0.4, 0.5) is 8.78 Å². The third-order valence-corrected chi connectivity index (χ3v) is 2.49. The Bertz CT molecular complexity index is 605. The van der Waals surface area contributed by atoms with Crippen LogP contribution in [-0.4, -0.2) is 25.8 Å². The molecule has 2 rings (SSSR count). The molecular weight excluding hydrogens is 256 g/mol. The predicted octanol–water partition coefficient (Wildman–Crippen LogP) is 1.78. The Morgan fingerprint density at radius 3 is 2.53 bits per heavy atom. The van der Waals surface area contributed by atoms with Crippen molar-refractivity contribution in [2.45, 2.75) is 12.8 Å². The van der Waals surface area contributed by atoms with Gasteiger partial charge < -0.3 is 5.11 Å². The number of hydrogen-bond acceptors (Lipinski definition) is 3. The van der Waals surface area contributed by atoms with Crippen molar-refractivity contribution in [1.29, 1.82) is 0 Å². The minimum Gasteiger partial charge on any atom is -0.481 e. The summed E-state index contributed by atoms with van der Waals surface area (Å²) < 4.78 is 27.6. The molecule has 100 valence electrons. The van der Waals surface area contributed by atoms with E-state index in [0.717, 1.165) is 18.2 Å². The molecule has 0 radical (unpaired) electrons. The highest BCUT2D eigenvalue weighted by atomic mass is 19.1. The number of aromatic nitrogens is 3. The lowest BCUT2D eigenvalue weighted by molar-refractivity contribution is -0.137. The van der Waals surface area contributed by atoms with Gasteiger partial charge >= 0.3 is 5.97 Å². The maximum Gasteiger partial charge on any atom is 0.303 e. The van der Waals surface area contributed by atoms with E-state index in [-0.39, 0.29) is 18.4 Å². The van der Waals surface area contributed by atoms with Crippen molar-refractivity contribution in [1.82, 2.24) is 14.8 Å². The molecule has 0 aliphatic heterocycles. The summed E-state index contributed by atoms with van der Waals surface area (Å²) in [6.45, 7) is 0. The highest BCUT2D eigenvalue weighted by molar-refractivity contribution is 5.67. The molecule has 0 amide bonds. The highest BCUT2D eigenvalue weighted by Gasteiger charge is 2.12. The fourth-order valence-corrected chi connectivity index (χ4v) is 1.70. The molecule has 1 aromatic carbocycles. The maximum atomic E-state index is 13.1. The molecule has 1 heterocycles. The van der Waals surface area contributed by atoms with Crippen molar-refractivity contribution in [3.8, 4) is 11.4 Å². The van der Waals surface area contributed by atoms with E-state index in [2.05, 4.69) is 10.1 Å². The zero-order chi connectivity index (χ0) is 14.0. The lowest BCUT2D eigenvalue weighted by Gasteiger charge is -2.00. The Balaban J connectivity index is 2.31. The van der Waals surface area contributed by atoms with Crippen LogP contribution < -0.4 is 0 Å². The number of aliphatic carboxylic acids is 1. The van der Waals surface area contributed by atoms with Gasteiger partial charge in [-0.05, 0) is 12.1 Å². The van der Waals surface area contributed by atoms with Crippen LogP contribution >= 0.6 is 0 Å². The topological polar surface area (TPSA) is 68.0 Å². The van der Waals surface area contributed by atoms with E-state index in [0.29, 0.717) is 11.6 Å². The third-order valence-electron chi connectivity index (χ3n) is 2.49. The zero-order valence-corrected chi connectivity index (χ0v) is 10.1. The number of hydrogen-bond donors (Lipinski definition) is 1. The number of benzene rings is 1. The SMILES string of the molecule is Cn1nc(CCC(=O)O)nc1-c1cc(F)cc(F)c1. The van der Waals surface area contributed by atoms with Crippen LogP contribution in [0.5, 0.6) is 0 Å². The van der Waals surface area contributed by atoms with Crippen LogP contribution in [0.15, 0.2) is 18.2 Å². The number of nitrogens with zero attached hydrogens (tertiary/aromatic N) is 3. The van der Waals surface area contributed by atoms with E-state index in [4.69, 9.17) is 5.11 Å². The van der Waals surface area contributed by atoms with E-state index in [1.54, 1.807) is 7.05 Å². The van der Waals surface area contributed by atoms with Gasteiger partial charge in [0, 0.05) is 25.1 Å². The fourth-order valence-electron chi connectivity index (χ4n) is 1.70. The minimum atomic E-state index is -0.953. The molecule has 5 nitrogen and oxygen atoms in total. The van der Waals surface area contributed by atoms with Crippen molar-refractivity contribution in [3.05, 3.63) is 35.7 Å². The summed E-state index contributed by atoms with van der Waals surface area (Å²) in [5.41, 5.74) is 0.258. The number of carboxylic acid groups (broad SMARTS) is 1. The summed E-state index contributed by atoms with van der Waals surface area (Å²) in [7, 11) is 1.58. The van der Waals surface area contributed by atoms with Crippen molar-refractivity contribution >= 4 is 5.97 Å². The standard InChI is InChI=1S/C12H11F2N3O2/c1-17-12(7-4-8(13)6-9(14)5-7)15-10(16-17)2-3-11(18)19/h4-6H,2-3H2,1H3,(H,18,19). The first-order valence-corrected chi connectivity index (χ1v) is 5.54. The van der Waals surface area contributed by atoms with Gasteiger partial charge in [0.25, 0.3) is 0 Å². The van der Waals surface area contributed by atoms with Gasteiger partial charge in [-0.1, -0.05) is 0 Å². The van der Waals surface area contributed by atoms with Crippen LogP contribution in [0.2, 0.25) is 0 Å². The Morgan fingerprint density at radius 2 is 1.95 bits per heavy atom. The van der Waals surface area contributed by atoms with E-state index in [1.807, 2.05) is 0 Å². The lowest BCUT2D eigenvalue weighted by atomic mass is 10.2. The molecule has 19 heavy (non-hydrogen) atoms. The second-order valence-corrected chi connectivity index (χ2v) is 4.03. The quantitative estimate of drug-likeness (QED) is 0.916. The largest absolute Gasteiger partial charge is 0.481 e. The molecule has 2 aromatic rings. The Morgan fingerprint density at radius 1 is 1.32 bits per heavy atom. The molecule has 0 unspecified atom stereocenters. The number of rotatable bonds is 4. The molecule has 7 heteroatoms. The number of carboxylic acids is 1. The van der Waals surface area contributed by atoms with E-state index in [9.17, 15) is 13.6 Å². The van der Waals surface area contributed by atoms with Gasteiger partial charge in [-0.15, -0.1) is 0 Å². The smallest absolute Gasteiger partial charge is 0.303 e. The van der Waals surface area contributed by atoms with Crippen LogP contribution in [0.25, 0.3) is 11.4 Å². The molecule has 0 atom stereocenters. The first-order valence-electron chi connectivity index (χ1n) is 5.54. The van der Waals surface area contributed by atoms with Crippen LogP contribution in [-0.2, 0) is 18.3 Å². The van der Waals surface area contributed by atoms with Gasteiger partial charge in [-0.3, -0.25) is 4.79 Å². The first-order chi connectivity index (χ1) is 8.95. The van der Waals surface area contributed by atoms with E-state index in [1.165, 1.54) is 4.68 Å².